The van der Waals surface area contributed by atoms with Crippen LogP contribution in [0.3, 0.4) is 0 Å². The van der Waals surface area contributed by atoms with Crippen molar-refractivity contribution < 1.29 is 14.7 Å². The zero-order chi connectivity index (χ0) is 27.1. The maximum atomic E-state index is 13.7. The maximum Gasteiger partial charge on any atom is 0.303 e. The van der Waals surface area contributed by atoms with E-state index >= 15 is 0 Å². The van der Waals surface area contributed by atoms with Gasteiger partial charge in [-0.2, -0.15) is 0 Å². The Bertz CT molecular complexity index is 889. The topological polar surface area (TPSA) is 54.4 Å². The molecule has 0 heterocycles. The van der Waals surface area contributed by atoms with Gasteiger partial charge >= 0.3 is 5.97 Å². The van der Waals surface area contributed by atoms with Crippen LogP contribution in [0.2, 0.25) is 0 Å². The van der Waals surface area contributed by atoms with Gasteiger partial charge in [0.25, 0.3) is 0 Å². The quantitative estimate of drug-likeness (QED) is 0.166. The maximum absolute atomic E-state index is 13.7. The fourth-order valence-corrected chi connectivity index (χ4v) is 7.57. The molecule has 0 amide bonds. The molecule has 3 rings (SSSR count). The van der Waals surface area contributed by atoms with E-state index in [9.17, 15) is 14.7 Å². The summed E-state index contributed by atoms with van der Waals surface area (Å²) in [7, 11) is 0. The van der Waals surface area contributed by atoms with Gasteiger partial charge in [-0.1, -0.05) is 123 Å². The molecule has 37 heavy (non-hydrogen) atoms. The molecule has 0 aromatic heterocycles. The molecular weight excluding hydrogens is 456 g/mol. The first-order valence-electron chi connectivity index (χ1n) is 15.5. The van der Waals surface area contributed by atoms with Gasteiger partial charge in [0.05, 0.1) is 0 Å². The van der Waals surface area contributed by atoms with E-state index in [0.29, 0.717) is 11.7 Å². The van der Waals surface area contributed by atoms with E-state index in [1.54, 1.807) is 0 Å². The van der Waals surface area contributed by atoms with Crippen molar-refractivity contribution in [1.29, 1.82) is 0 Å². The number of aliphatic carboxylic acids is 1. The molecule has 208 valence electrons. The summed E-state index contributed by atoms with van der Waals surface area (Å²) in [5.74, 6) is 0.436. The van der Waals surface area contributed by atoms with Crippen molar-refractivity contribution in [3.63, 3.8) is 0 Å². The number of rotatable bonds is 16. The van der Waals surface area contributed by atoms with Crippen LogP contribution in [0.1, 0.15) is 137 Å². The molecule has 0 aliphatic heterocycles. The molecule has 0 radical (unpaired) electrons. The first-order chi connectivity index (χ1) is 17.6. The number of unbranched alkanes of at least 4 members (excludes halogenated alkanes) is 9. The summed E-state index contributed by atoms with van der Waals surface area (Å²) in [6.45, 7) is 11.4. The third-order valence-corrected chi connectivity index (χ3v) is 10.3. The van der Waals surface area contributed by atoms with E-state index in [2.05, 4.69) is 52.8 Å². The third kappa shape index (κ3) is 6.87. The van der Waals surface area contributed by atoms with Crippen LogP contribution in [0.5, 0.6) is 0 Å². The lowest BCUT2D eigenvalue weighted by atomic mass is 9.66. The molecule has 1 N–H and O–H groups in total. The smallest absolute Gasteiger partial charge is 0.303 e. The first-order valence-corrected chi connectivity index (χ1v) is 15.5. The zero-order valence-electron chi connectivity index (χ0n) is 24.5. The number of allylic oxidation sites excluding steroid dienone is 6. The molecule has 0 aromatic rings. The average molecular weight is 511 g/mol. The molecule has 2 bridgehead atoms. The molecule has 3 heteroatoms. The van der Waals surface area contributed by atoms with Crippen molar-refractivity contribution in [3.8, 4) is 0 Å². The molecule has 0 spiro atoms. The average Bonchev–Trinajstić information content (AvgIpc) is 3.16. The van der Waals surface area contributed by atoms with Gasteiger partial charge in [0.2, 0.25) is 0 Å². The Kier molecular flexibility index (Phi) is 10.9. The molecule has 2 saturated carbocycles. The van der Waals surface area contributed by atoms with Crippen LogP contribution in [0, 0.1) is 28.6 Å². The normalized spacial score (nSPS) is 29.1. The highest BCUT2D eigenvalue weighted by Crippen LogP contribution is 2.67. The highest BCUT2D eigenvalue weighted by Gasteiger charge is 2.64. The third-order valence-electron chi connectivity index (χ3n) is 10.3. The summed E-state index contributed by atoms with van der Waals surface area (Å²) in [4.78, 5) is 25.1. The van der Waals surface area contributed by atoms with E-state index in [1.165, 1.54) is 75.4 Å². The highest BCUT2D eigenvalue weighted by atomic mass is 16.4. The minimum Gasteiger partial charge on any atom is -0.481 e. The lowest BCUT2D eigenvalue weighted by Crippen LogP contribution is -2.30. The number of carboxylic acid groups (broad SMARTS) is 1. The summed E-state index contributed by atoms with van der Waals surface area (Å²) >= 11 is 0. The molecular formula is C34H54O3. The Morgan fingerprint density at radius 3 is 2.19 bits per heavy atom. The lowest BCUT2D eigenvalue weighted by Gasteiger charge is -2.37. The van der Waals surface area contributed by atoms with Crippen LogP contribution in [0.15, 0.2) is 34.9 Å². The van der Waals surface area contributed by atoms with E-state index in [0.717, 1.165) is 37.7 Å². The van der Waals surface area contributed by atoms with Gasteiger partial charge in [0.1, 0.15) is 0 Å². The number of hydrogen-bond acceptors (Lipinski definition) is 2. The van der Waals surface area contributed by atoms with Crippen LogP contribution >= 0.6 is 0 Å². The van der Waals surface area contributed by atoms with Crippen molar-refractivity contribution in [3.05, 3.63) is 34.9 Å². The Morgan fingerprint density at radius 1 is 1.00 bits per heavy atom. The monoisotopic (exact) mass is 510 g/mol. The van der Waals surface area contributed by atoms with Gasteiger partial charge < -0.3 is 5.11 Å². The number of fused-ring (bicyclic) bond motifs is 2. The second kappa shape index (κ2) is 13.4. The van der Waals surface area contributed by atoms with Gasteiger partial charge in [0, 0.05) is 23.3 Å². The van der Waals surface area contributed by atoms with Crippen molar-refractivity contribution in [2.24, 2.45) is 28.6 Å². The molecule has 0 aromatic carbocycles. The summed E-state index contributed by atoms with van der Waals surface area (Å²) in [5.41, 5.74) is 3.62. The summed E-state index contributed by atoms with van der Waals surface area (Å²) in [6.07, 6.45) is 24.9. The lowest BCUT2D eigenvalue weighted by molar-refractivity contribution is -0.137. The molecule has 3 nitrogen and oxygen atoms in total. The Morgan fingerprint density at radius 2 is 1.62 bits per heavy atom. The fraction of sp³-hybridized carbons (Fsp3) is 0.765. The zero-order valence-corrected chi connectivity index (χ0v) is 24.5. The predicted octanol–water partition coefficient (Wildman–Crippen LogP) is 9.62. The first kappa shape index (κ1) is 29.9. The molecule has 0 saturated heterocycles. The van der Waals surface area contributed by atoms with E-state index in [4.69, 9.17) is 0 Å². The largest absolute Gasteiger partial charge is 0.481 e. The minimum atomic E-state index is -0.699. The van der Waals surface area contributed by atoms with Gasteiger partial charge in [-0.15, -0.1) is 0 Å². The van der Waals surface area contributed by atoms with Crippen molar-refractivity contribution in [1.82, 2.24) is 0 Å². The summed E-state index contributed by atoms with van der Waals surface area (Å²) < 4.78 is 0. The van der Waals surface area contributed by atoms with Crippen LogP contribution in [0.25, 0.3) is 0 Å². The number of hydrogen-bond donors (Lipinski definition) is 1. The van der Waals surface area contributed by atoms with E-state index in [1.807, 2.05) is 0 Å². The van der Waals surface area contributed by atoms with Crippen LogP contribution in [-0.2, 0) is 9.59 Å². The standard InChI is InChI=1S/C34H54O3/c1-6-7-8-9-10-11-12-13-14-15-18-26(20-21-29(35)36)24-27-19-16-17-25(2)30(27)31-32(37)28-22-23-34(31,5)33(28,3)4/h16-17,19,25-26,28H,6-15,18,20-24H2,1-5H3,(H,35,36). The van der Waals surface area contributed by atoms with Crippen LogP contribution in [-0.4, -0.2) is 16.9 Å². The van der Waals surface area contributed by atoms with Gasteiger partial charge in [-0.05, 0) is 54.1 Å². The van der Waals surface area contributed by atoms with E-state index in [-0.39, 0.29) is 29.1 Å². The van der Waals surface area contributed by atoms with Crippen LogP contribution in [0.4, 0.5) is 0 Å². The van der Waals surface area contributed by atoms with Gasteiger partial charge in [-0.3, -0.25) is 9.59 Å². The van der Waals surface area contributed by atoms with Crippen molar-refractivity contribution in [2.75, 3.05) is 0 Å². The number of carbonyl (C=O) groups excluding carboxylic acids is 1. The second-order valence-electron chi connectivity index (χ2n) is 13.1. The molecule has 4 atom stereocenters. The number of ketones is 1. The fourth-order valence-electron chi connectivity index (χ4n) is 7.57. The predicted molar refractivity (Wildman–Crippen MR) is 154 cm³/mol. The molecule has 2 fully saturated rings. The van der Waals surface area contributed by atoms with E-state index < -0.39 is 5.97 Å². The summed E-state index contributed by atoms with van der Waals surface area (Å²) in [5, 5.41) is 9.40. The molecule has 3 aliphatic carbocycles. The Hall–Kier alpha value is -1.64. The highest BCUT2D eigenvalue weighted by molar-refractivity contribution is 6.04. The van der Waals surface area contributed by atoms with Crippen LogP contribution < -0.4 is 0 Å². The number of carboxylic acids is 1. The van der Waals surface area contributed by atoms with Gasteiger partial charge in [0.15, 0.2) is 5.78 Å². The van der Waals surface area contributed by atoms with Crippen molar-refractivity contribution in [2.45, 2.75) is 137 Å². The molecule has 4 unspecified atom stereocenters. The second-order valence-corrected chi connectivity index (χ2v) is 13.1. The minimum absolute atomic E-state index is 0.0110. The Balaban J connectivity index is 1.64. The number of carbonyl (C=O) groups is 2. The van der Waals surface area contributed by atoms with Crippen molar-refractivity contribution >= 4 is 11.8 Å². The Labute approximate surface area is 227 Å². The SMILES string of the molecule is CCCCCCCCCCCCC(CCC(=O)O)CC1=CC=CC(C)C1=C1C(=O)C2CCC1(C)C2(C)C. The summed E-state index contributed by atoms with van der Waals surface area (Å²) in [6, 6.07) is 0. The number of Topliss-reactive ketones (excluding diaryl/α,β-unsaturated/α-hetero) is 1. The molecule has 3 aliphatic rings. The van der Waals surface area contributed by atoms with Gasteiger partial charge in [-0.25, -0.2) is 0 Å².